The van der Waals surface area contributed by atoms with Crippen molar-refractivity contribution in [2.75, 3.05) is 26.7 Å². The lowest BCUT2D eigenvalue weighted by atomic mass is 9.89. The quantitative estimate of drug-likeness (QED) is 0.832. The third kappa shape index (κ3) is 3.16. The van der Waals surface area contributed by atoms with Gasteiger partial charge in [0, 0.05) is 50.1 Å². The summed E-state index contributed by atoms with van der Waals surface area (Å²) in [6.07, 6.45) is 3.25. The van der Waals surface area contributed by atoms with Crippen molar-refractivity contribution < 1.29 is 9.15 Å². The standard InChI is InChI=1S/C18H25N3O2S/c1-13-18(24-12-19-13)11-21-6-5-17(22-2)15-9-20(10-16(15)21)8-14-4-3-7-23-14/h3-4,7,12,15-17H,5-6,8-11H2,1-2H3/t15-,16+,17-/m1/s1. The van der Waals surface area contributed by atoms with Gasteiger partial charge in [-0.05, 0) is 25.5 Å². The molecule has 0 aromatic carbocycles. The first kappa shape index (κ1) is 16.3. The van der Waals surface area contributed by atoms with Crippen molar-refractivity contribution in [1.82, 2.24) is 14.8 Å². The SMILES string of the molecule is CO[C@@H]1CCN(Cc2scnc2C)[C@H]2CN(Cc3ccco3)C[C@@H]12. The maximum absolute atomic E-state index is 5.81. The number of rotatable bonds is 5. The Balaban J connectivity index is 1.48. The molecule has 6 heteroatoms. The molecular weight excluding hydrogens is 322 g/mol. The Morgan fingerprint density at radius 2 is 2.29 bits per heavy atom. The number of fused-ring (bicyclic) bond motifs is 1. The van der Waals surface area contributed by atoms with Crippen LogP contribution in [0.2, 0.25) is 0 Å². The number of aromatic nitrogens is 1. The highest BCUT2D eigenvalue weighted by molar-refractivity contribution is 7.09. The van der Waals surface area contributed by atoms with Gasteiger partial charge in [-0.1, -0.05) is 0 Å². The summed E-state index contributed by atoms with van der Waals surface area (Å²) in [6, 6.07) is 4.59. The summed E-state index contributed by atoms with van der Waals surface area (Å²) in [6.45, 7) is 7.30. The highest BCUT2D eigenvalue weighted by Gasteiger charge is 2.44. The molecule has 5 nitrogen and oxygen atoms in total. The first-order valence-electron chi connectivity index (χ1n) is 8.65. The molecule has 2 saturated heterocycles. The van der Waals surface area contributed by atoms with Gasteiger partial charge in [-0.25, -0.2) is 4.98 Å². The van der Waals surface area contributed by atoms with E-state index in [1.165, 1.54) is 10.6 Å². The molecule has 2 fully saturated rings. The lowest BCUT2D eigenvalue weighted by Crippen LogP contribution is -2.50. The first-order valence-corrected chi connectivity index (χ1v) is 9.53. The van der Waals surface area contributed by atoms with E-state index in [2.05, 4.69) is 27.8 Å². The van der Waals surface area contributed by atoms with Crippen LogP contribution >= 0.6 is 11.3 Å². The fraction of sp³-hybridized carbons (Fsp3) is 0.611. The van der Waals surface area contributed by atoms with E-state index < -0.39 is 0 Å². The molecule has 0 amide bonds. The molecule has 4 heterocycles. The molecular formula is C18H25N3O2S. The first-order chi connectivity index (χ1) is 11.7. The predicted octanol–water partition coefficient (Wildman–Crippen LogP) is 2.77. The van der Waals surface area contributed by atoms with Gasteiger partial charge >= 0.3 is 0 Å². The zero-order valence-electron chi connectivity index (χ0n) is 14.4. The summed E-state index contributed by atoms with van der Waals surface area (Å²) >= 11 is 1.78. The Hall–Kier alpha value is -1.21. The fourth-order valence-electron chi connectivity index (χ4n) is 4.22. The Labute approximate surface area is 147 Å². The van der Waals surface area contributed by atoms with E-state index in [-0.39, 0.29) is 0 Å². The maximum Gasteiger partial charge on any atom is 0.117 e. The molecule has 0 saturated carbocycles. The van der Waals surface area contributed by atoms with Crippen LogP contribution in [-0.4, -0.2) is 53.7 Å². The van der Waals surface area contributed by atoms with Crippen LogP contribution in [0.1, 0.15) is 22.8 Å². The fourth-order valence-corrected chi connectivity index (χ4v) is 5.02. The smallest absolute Gasteiger partial charge is 0.117 e. The molecule has 0 N–H and O–H groups in total. The normalized spacial score (nSPS) is 28.3. The van der Waals surface area contributed by atoms with Crippen LogP contribution in [0.5, 0.6) is 0 Å². The third-order valence-electron chi connectivity index (χ3n) is 5.51. The van der Waals surface area contributed by atoms with Crippen molar-refractivity contribution >= 4 is 11.3 Å². The van der Waals surface area contributed by atoms with Crippen molar-refractivity contribution in [2.24, 2.45) is 5.92 Å². The minimum Gasteiger partial charge on any atom is -0.468 e. The number of nitrogens with zero attached hydrogens (tertiary/aromatic N) is 3. The van der Waals surface area contributed by atoms with Crippen molar-refractivity contribution in [2.45, 2.75) is 38.6 Å². The van der Waals surface area contributed by atoms with Gasteiger partial charge in [-0.3, -0.25) is 9.80 Å². The van der Waals surface area contributed by atoms with E-state index in [1.54, 1.807) is 17.6 Å². The van der Waals surface area contributed by atoms with Gasteiger partial charge in [0.05, 0.1) is 30.1 Å². The number of thiazole rings is 1. The second-order valence-corrected chi connectivity index (χ2v) is 7.84. The summed E-state index contributed by atoms with van der Waals surface area (Å²) in [5.41, 5.74) is 3.14. The van der Waals surface area contributed by atoms with Crippen LogP contribution in [0.3, 0.4) is 0 Å². The summed E-state index contributed by atoms with van der Waals surface area (Å²) in [7, 11) is 1.86. The van der Waals surface area contributed by atoms with Crippen LogP contribution in [0.15, 0.2) is 28.3 Å². The molecule has 0 unspecified atom stereocenters. The molecule has 2 aliphatic rings. The third-order valence-corrected chi connectivity index (χ3v) is 6.43. The second-order valence-electron chi connectivity index (χ2n) is 6.90. The van der Waals surface area contributed by atoms with E-state index in [0.717, 1.165) is 44.9 Å². The van der Waals surface area contributed by atoms with Crippen LogP contribution in [-0.2, 0) is 17.8 Å². The molecule has 3 atom stereocenters. The minimum absolute atomic E-state index is 0.371. The molecule has 0 spiro atoms. The van der Waals surface area contributed by atoms with Crippen molar-refractivity contribution in [1.29, 1.82) is 0 Å². The largest absolute Gasteiger partial charge is 0.468 e. The van der Waals surface area contributed by atoms with Crippen molar-refractivity contribution in [3.8, 4) is 0 Å². The Bertz CT molecular complexity index is 657. The number of hydrogen-bond acceptors (Lipinski definition) is 6. The van der Waals surface area contributed by atoms with Gasteiger partial charge in [0.2, 0.25) is 0 Å². The van der Waals surface area contributed by atoms with Gasteiger partial charge < -0.3 is 9.15 Å². The van der Waals surface area contributed by atoms with Gasteiger partial charge in [0.15, 0.2) is 0 Å². The van der Waals surface area contributed by atoms with E-state index >= 15 is 0 Å². The van der Waals surface area contributed by atoms with Crippen LogP contribution in [0, 0.1) is 12.8 Å². The lowest BCUT2D eigenvalue weighted by molar-refractivity contribution is -0.0242. The Morgan fingerprint density at radius 1 is 1.38 bits per heavy atom. The zero-order chi connectivity index (χ0) is 16.5. The van der Waals surface area contributed by atoms with E-state index in [0.29, 0.717) is 18.1 Å². The van der Waals surface area contributed by atoms with E-state index in [9.17, 15) is 0 Å². The highest BCUT2D eigenvalue weighted by atomic mass is 32.1. The summed E-state index contributed by atoms with van der Waals surface area (Å²) in [4.78, 5) is 11.0. The monoisotopic (exact) mass is 347 g/mol. The number of likely N-dealkylation sites (tertiary alicyclic amines) is 2. The summed E-state index contributed by atoms with van der Waals surface area (Å²) < 4.78 is 11.3. The van der Waals surface area contributed by atoms with E-state index in [4.69, 9.17) is 9.15 Å². The minimum atomic E-state index is 0.371. The molecule has 0 radical (unpaired) electrons. The predicted molar refractivity (Wildman–Crippen MR) is 93.9 cm³/mol. The summed E-state index contributed by atoms with van der Waals surface area (Å²) in [5, 5.41) is 0. The van der Waals surface area contributed by atoms with Crippen molar-refractivity contribution in [3.63, 3.8) is 0 Å². The average molecular weight is 347 g/mol. The van der Waals surface area contributed by atoms with Gasteiger partial charge in [-0.2, -0.15) is 0 Å². The average Bonchev–Trinajstić information content (AvgIpc) is 3.30. The molecule has 4 rings (SSSR count). The molecule has 2 aromatic heterocycles. The van der Waals surface area contributed by atoms with Crippen LogP contribution < -0.4 is 0 Å². The van der Waals surface area contributed by atoms with E-state index in [1.807, 2.05) is 18.7 Å². The molecule has 24 heavy (non-hydrogen) atoms. The number of methoxy groups -OCH3 is 1. The zero-order valence-corrected chi connectivity index (χ0v) is 15.2. The number of piperidine rings is 1. The second kappa shape index (κ2) is 6.96. The lowest BCUT2D eigenvalue weighted by Gasteiger charge is -2.41. The molecule has 0 aliphatic carbocycles. The molecule has 0 bridgehead atoms. The number of hydrogen-bond donors (Lipinski definition) is 0. The number of furan rings is 1. The molecule has 130 valence electrons. The highest BCUT2D eigenvalue weighted by Crippen LogP contribution is 2.34. The number of ether oxygens (including phenoxy) is 1. The topological polar surface area (TPSA) is 41.7 Å². The van der Waals surface area contributed by atoms with Gasteiger partial charge in [0.1, 0.15) is 5.76 Å². The molecule has 2 aromatic rings. The van der Waals surface area contributed by atoms with Crippen LogP contribution in [0.25, 0.3) is 0 Å². The Kier molecular flexibility index (Phi) is 4.72. The summed E-state index contributed by atoms with van der Waals surface area (Å²) in [5.74, 6) is 1.62. The Morgan fingerprint density at radius 3 is 3.00 bits per heavy atom. The van der Waals surface area contributed by atoms with Crippen molar-refractivity contribution in [3.05, 3.63) is 40.2 Å². The molecule has 2 aliphatic heterocycles. The van der Waals surface area contributed by atoms with Crippen LogP contribution in [0.4, 0.5) is 0 Å². The van der Waals surface area contributed by atoms with Gasteiger partial charge in [0.25, 0.3) is 0 Å². The maximum atomic E-state index is 5.81. The number of aryl methyl sites for hydroxylation is 1. The van der Waals surface area contributed by atoms with Gasteiger partial charge in [-0.15, -0.1) is 11.3 Å².